The Morgan fingerprint density at radius 3 is 1.43 bits per heavy atom. The first-order valence-corrected chi connectivity index (χ1v) is 15.6. The van der Waals surface area contributed by atoms with Crippen LogP contribution in [0, 0.1) is 13.8 Å². The van der Waals surface area contributed by atoms with E-state index in [9.17, 15) is 0 Å². The van der Waals surface area contributed by atoms with E-state index in [1.165, 1.54) is 43.8 Å². The van der Waals surface area contributed by atoms with E-state index in [-0.39, 0.29) is 0 Å². The Bertz CT molecular complexity index is 2270. The summed E-state index contributed by atoms with van der Waals surface area (Å²) < 4.78 is 0. The molecule has 0 amide bonds. The van der Waals surface area contributed by atoms with Gasteiger partial charge in [-0.15, -0.1) is 0 Å². The van der Waals surface area contributed by atoms with Crippen molar-refractivity contribution in [3.8, 4) is 56.4 Å². The number of aromatic nitrogens is 3. The standard InChI is InChI=1S/C43H31N3/c1-28-21-22-29(2)39(23-28)34-25-35(40-37-19-11-9-17-32(37)24-33-18-10-12-20-38(33)40)27-36(26-34)43-45-41(30-13-5-3-6-14-30)44-42(46-43)31-15-7-4-8-16-31/h3-27H,1-2H3. The lowest BCUT2D eigenvalue weighted by Gasteiger charge is -2.16. The third kappa shape index (κ3) is 5.12. The number of hydrogen-bond donors (Lipinski definition) is 0. The van der Waals surface area contributed by atoms with Crippen LogP contribution >= 0.6 is 0 Å². The van der Waals surface area contributed by atoms with Gasteiger partial charge in [0.15, 0.2) is 17.5 Å². The molecule has 1 aromatic heterocycles. The Morgan fingerprint density at radius 1 is 0.370 bits per heavy atom. The van der Waals surface area contributed by atoms with E-state index in [1.807, 2.05) is 60.7 Å². The molecular weight excluding hydrogens is 558 g/mol. The predicted molar refractivity (Wildman–Crippen MR) is 191 cm³/mol. The van der Waals surface area contributed by atoms with Gasteiger partial charge in [-0.05, 0) is 87.5 Å². The zero-order valence-corrected chi connectivity index (χ0v) is 25.8. The molecule has 0 saturated carbocycles. The molecule has 0 bridgehead atoms. The van der Waals surface area contributed by atoms with Crippen LogP contribution in [-0.4, -0.2) is 15.0 Å². The molecule has 0 fully saturated rings. The largest absolute Gasteiger partial charge is 0.208 e. The molecule has 0 N–H and O–H groups in total. The molecule has 0 atom stereocenters. The van der Waals surface area contributed by atoms with Crippen molar-refractivity contribution in [1.82, 2.24) is 15.0 Å². The Balaban J connectivity index is 1.45. The number of rotatable bonds is 5. The molecule has 7 aromatic carbocycles. The SMILES string of the molecule is Cc1ccc(C)c(-c2cc(-c3nc(-c4ccccc4)nc(-c4ccccc4)n3)cc(-c3c4ccccc4cc4ccccc34)c2)c1. The van der Waals surface area contributed by atoms with Crippen LogP contribution in [0.4, 0.5) is 0 Å². The first-order valence-electron chi connectivity index (χ1n) is 15.6. The average molecular weight is 590 g/mol. The van der Waals surface area contributed by atoms with Gasteiger partial charge in [0.05, 0.1) is 0 Å². The molecule has 218 valence electrons. The summed E-state index contributed by atoms with van der Waals surface area (Å²) >= 11 is 0. The Labute approximate surface area is 268 Å². The minimum Gasteiger partial charge on any atom is -0.208 e. The summed E-state index contributed by atoms with van der Waals surface area (Å²) in [6, 6.07) is 53.4. The highest BCUT2D eigenvalue weighted by atomic mass is 15.0. The van der Waals surface area contributed by atoms with Gasteiger partial charge in [0.25, 0.3) is 0 Å². The van der Waals surface area contributed by atoms with Crippen LogP contribution in [0.3, 0.4) is 0 Å². The summed E-state index contributed by atoms with van der Waals surface area (Å²) in [5, 5.41) is 4.87. The van der Waals surface area contributed by atoms with Crippen LogP contribution in [0.1, 0.15) is 11.1 Å². The normalized spacial score (nSPS) is 11.3. The van der Waals surface area contributed by atoms with Gasteiger partial charge in [-0.1, -0.05) is 133 Å². The van der Waals surface area contributed by atoms with Crippen molar-refractivity contribution in [1.29, 1.82) is 0 Å². The highest BCUT2D eigenvalue weighted by Crippen LogP contribution is 2.40. The zero-order chi connectivity index (χ0) is 31.0. The maximum Gasteiger partial charge on any atom is 0.164 e. The van der Waals surface area contributed by atoms with Crippen molar-refractivity contribution in [3.63, 3.8) is 0 Å². The number of fused-ring (bicyclic) bond motifs is 2. The minimum absolute atomic E-state index is 0.644. The van der Waals surface area contributed by atoms with Crippen LogP contribution in [-0.2, 0) is 0 Å². The van der Waals surface area contributed by atoms with E-state index in [2.05, 4.69) is 105 Å². The number of nitrogens with zero attached hydrogens (tertiary/aromatic N) is 3. The van der Waals surface area contributed by atoms with Gasteiger partial charge in [0.1, 0.15) is 0 Å². The monoisotopic (exact) mass is 589 g/mol. The summed E-state index contributed by atoms with van der Waals surface area (Å²) in [6.07, 6.45) is 0. The Morgan fingerprint density at radius 2 is 0.848 bits per heavy atom. The smallest absolute Gasteiger partial charge is 0.164 e. The fourth-order valence-electron chi connectivity index (χ4n) is 6.37. The van der Waals surface area contributed by atoms with E-state index in [0.29, 0.717) is 17.5 Å². The van der Waals surface area contributed by atoms with Crippen molar-refractivity contribution in [2.45, 2.75) is 13.8 Å². The summed E-state index contributed by atoms with van der Waals surface area (Å²) in [4.78, 5) is 15.2. The van der Waals surface area contributed by atoms with Crippen molar-refractivity contribution in [3.05, 3.63) is 163 Å². The number of aryl methyl sites for hydroxylation is 2. The maximum atomic E-state index is 5.11. The second kappa shape index (κ2) is 11.5. The molecule has 0 aliphatic rings. The fraction of sp³-hybridized carbons (Fsp3) is 0.0465. The highest BCUT2D eigenvalue weighted by Gasteiger charge is 2.17. The molecule has 0 saturated heterocycles. The molecule has 3 nitrogen and oxygen atoms in total. The third-order valence-corrected chi connectivity index (χ3v) is 8.65. The predicted octanol–water partition coefficient (Wildman–Crippen LogP) is 11.1. The van der Waals surface area contributed by atoms with Gasteiger partial charge >= 0.3 is 0 Å². The second-order valence-corrected chi connectivity index (χ2v) is 11.8. The first kappa shape index (κ1) is 27.6. The molecule has 0 radical (unpaired) electrons. The van der Waals surface area contributed by atoms with E-state index < -0.39 is 0 Å². The van der Waals surface area contributed by atoms with Gasteiger partial charge in [0.2, 0.25) is 0 Å². The highest BCUT2D eigenvalue weighted by molar-refractivity contribution is 6.13. The number of hydrogen-bond acceptors (Lipinski definition) is 3. The van der Waals surface area contributed by atoms with Crippen LogP contribution in [0.2, 0.25) is 0 Å². The van der Waals surface area contributed by atoms with Crippen molar-refractivity contribution < 1.29 is 0 Å². The lowest BCUT2D eigenvalue weighted by atomic mass is 9.88. The summed E-state index contributed by atoms with van der Waals surface area (Å²) in [5.41, 5.74) is 9.97. The molecule has 0 unspecified atom stereocenters. The molecule has 0 aliphatic carbocycles. The van der Waals surface area contributed by atoms with Crippen molar-refractivity contribution in [2.24, 2.45) is 0 Å². The van der Waals surface area contributed by atoms with Crippen LogP contribution in [0.25, 0.3) is 78.0 Å². The molecule has 8 rings (SSSR count). The van der Waals surface area contributed by atoms with E-state index in [1.54, 1.807) is 0 Å². The summed E-state index contributed by atoms with van der Waals surface area (Å²) in [5.74, 6) is 1.95. The fourth-order valence-corrected chi connectivity index (χ4v) is 6.37. The Kier molecular flexibility index (Phi) is 6.92. The molecule has 0 spiro atoms. The summed E-state index contributed by atoms with van der Waals surface area (Å²) in [7, 11) is 0. The average Bonchev–Trinajstić information content (AvgIpc) is 3.12. The quantitative estimate of drug-likeness (QED) is 0.187. The van der Waals surface area contributed by atoms with Crippen LogP contribution in [0.15, 0.2) is 152 Å². The summed E-state index contributed by atoms with van der Waals surface area (Å²) in [6.45, 7) is 4.33. The lowest BCUT2D eigenvalue weighted by molar-refractivity contribution is 1.07. The van der Waals surface area contributed by atoms with Gasteiger partial charge in [0, 0.05) is 16.7 Å². The van der Waals surface area contributed by atoms with Crippen LogP contribution < -0.4 is 0 Å². The Hall–Kier alpha value is -5.93. The molecule has 8 aromatic rings. The van der Waals surface area contributed by atoms with E-state index >= 15 is 0 Å². The topological polar surface area (TPSA) is 38.7 Å². The third-order valence-electron chi connectivity index (χ3n) is 8.65. The van der Waals surface area contributed by atoms with Gasteiger partial charge in [-0.3, -0.25) is 0 Å². The van der Waals surface area contributed by atoms with Gasteiger partial charge in [-0.2, -0.15) is 0 Å². The first-order chi connectivity index (χ1) is 22.6. The molecule has 3 heteroatoms. The number of benzene rings is 7. The maximum absolute atomic E-state index is 5.11. The van der Waals surface area contributed by atoms with Gasteiger partial charge in [-0.25, -0.2) is 15.0 Å². The zero-order valence-electron chi connectivity index (χ0n) is 25.8. The van der Waals surface area contributed by atoms with E-state index in [4.69, 9.17) is 15.0 Å². The minimum atomic E-state index is 0.644. The van der Waals surface area contributed by atoms with E-state index in [0.717, 1.165) is 27.8 Å². The van der Waals surface area contributed by atoms with Crippen molar-refractivity contribution >= 4 is 21.5 Å². The lowest BCUT2D eigenvalue weighted by Crippen LogP contribution is -2.00. The molecule has 46 heavy (non-hydrogen) atoms. The van der Waals surface area contributed by atoms with Gasteiger partial charge < -0.3 is 0 Å². The molecule has 0 aliphatic heterocycles. The van der Waals surface area contributed by atoms with Crippen molar-refractivity contribution in [2.75, 3.05) is 0 Å². The molecule has 1 heterocycles. The molecular formula is C43H31N3. The van der Waals surface area contributed by atoms with Crippen LogP contribution in [0.5, 0.6) is 0 Å². The second-order valence-electron chi connectivity index (χ2n) is 11.8.